The summed E-state index contributed by atoms with van der Waals surface area (Å²) in [6.07, 6.45) is -0.0756. The van der Waals surface area contributed by atoms with Gasteiger partial charge in [0.15, 0.2) is 0 Å². The SMILES string of the molecule is CC(C)(C)OC(=O)N1CC(CC(=O)Nc2ccc(F)c(Cl)c2)C1. The molecule has 0 radical (unpaired) electrons. The zero-order valence-electron chi connectivity index (χ0n) is 13.4. The van der Waals surface area contributed by atoms with Crippen molar-refractivity contribution in [3.63, 3.8) is 0 Å². The van der Waals surface area contributed by atoms with E-state index in [0.29, 0.717) is 18.8 Å². The van der Waals surface area contributed by atoms with Crippen LogP contribution < -0.4 is 5.32 Å². The van der Waals surface area contributed by atoms with Gasteiger partial charge in [0.1, 0.15) is 11.4 Å². The molecule has 1 fully saturated rings. The molecule has 1 aromatic carbocycles. The molecule has 0 aliphatic carbocycles. The minimum absolute atomic E-state index is 0.0393. The van der Waals surface area contributed by atoms with Crippen molar-refractivity contribution in [2.24, 2.45) is 5.92 Å². The van der Waals surface area contributed by atoms with Gasteiger partial charge in [0.05, 0.1) is 5.02 Å². The Morgan fingerprint density at radius 2 is 2.04 bits per heavy atom. The minimum atomic E-state index is -0.531. The van der Waals surface area contributed by atoms with E-state index in [1.807, 2.05) is 20.8 Å². The Hall–Kier alpha value is -1.82. The number of halogens is 2. The van der Waals surface area contributed by atoms with Gasteiger partial charge in [-0.05, 0) is 39.0 Å². The third-order valence-electron chi connectivity index (χ3n) is 3.29. The summed E-state index contributed by atoms with van der Waals surface area (Å²) >= 11 is 5.66. The summed E-state index contributed by atoms with van der Waals surface area (Å²) in [6, 6.07) is 4.01. The number of ether oxygens (including phenoxy) is 1. The minimum Gasteiger partial charge on any atom is -0.444 e. The fraction of sp³-hybridized carbons (Fsp3) is 0.500. The first kappa shape index (κ1) is 17.5. The van der Waals surface area contributed by atoms with Crippen LogP contribution in [0.25, 0.3) is 0 Å². The normalized spacial score (nSPS) is 15.1. The van der Waals surface area contributed by atoms with Gasteiger partial charge in [-0.3, -0.25) is 4.79 Å². The highest BCUT2D eigenvalue weighted by Gasteiger charge is 2.34. The fourth-order valence-corrected chi connectivity index (χ4v) is 2.40. The predicted molar refractivity (Wildman–Crippen MR) is 86.0 cm³/mol. The third kappa shape index (κ3) is 5.10. The molecule has 1 aromatic rings. The average molecular weight is 343 g/mol. The molecule has 0 bridgehead atoms. The lowest BCUT2D eigenvalue weighted by Crippen LogP contribution is -2.52. The third-order valence-corrected chi connectivity index (χ3v) is 3.58. The van der Waals surface area contributed by atoms with Gasteiger partial charge in [-0.1, -0.05) is 11.6 Å². The first-order valence-electron chi connectivity index (χ1n) is 7.37. The molecular formula is C16H20ClFN2O3. The molecule has 1 aliphatic heterocycles. The Labute approximate surface area is 139 Å². The topological polar surface area (TPSA) is 58.6 Å². The maximum absolute atomic E-state index is 13.1. The highest BCUT2D eigenvalue weighted by atomic mass is 35.5. The molecule has 0 spiro atoms. The van der Waals surface area contributed by atoms with E-state index in [1.165, 1.54) is 18.2 Å². The second-order valence-corrected chi connectivity index (χ2v) is 7.04. The maximum atomic E-state index is 13.1. The number of nitrogens with one attached hydrogen (secondary N) is 1. The molecule has 1 aliphatic rings. The zero-order valence-corrected chi connectivity index (χ0v) is 14.1. The molecule has 7 heteroatoms. The zero-order chi connectivity index (χ0) is 17.2. The molecular weight excluding hydrogens is 323 g/mol. The number of nitrogens with zero attached hydrogens (tertiary/aromatic N) is 1. The van der Waals surface area contributed by atoms with Crippen LogP contribution in [0.3, 0.4) is 0 Å². The second kappa shape index (κ2) is 6.74. The number of hydrogen-bond acceptors (Lipinski definition) is 3. The summed E-state index contributed by atoms with van der Waals surface area (Å²) in [7, 11) is 0. The van der Waals surface area contributed by atoms with Crippen molar-refractivity contribution in [3.8, 4) is 0 Å². The molecule has 1 heterocycles. The number of anilines is 1. The van der Waals surface area contributed by atoms with E-state index in [2.05, 4.69) is 5.32 Å². The maximum Gasteiger partial charge on any atom is 0.410 e. The van der Waals surface area contributed by atoms with Gasteiger partial charge in [-0.15, -0.1) is 0 Å². The summed E-state index contributed by atoms with van der Waals surface area (Å²) in [4.78, 5) is 25.3. The first-order chi connectivity index (χ1) is 10.6. The second-order valence-electron chi connectivity index (χ2n) is 6.63. The Kier molecular flexibility index (Phi) is 5.14. The highest BCUT2D eigenvalue weighted by Crippen LogP contribution is 2.23. The van der Waals surface area contributed by atoms with E-state index in [1.54, 1.807) is 4.90 Å². The van der Waals surface area contributed by atoms with Crippen LogP contribution in [-0.4, -0.2) is 35.6 Å². The largest absolute Gasteiger partial charge is 0.444 e. The van der Waals surface area contributed by atoms with Crippen LogP contribution in [0, 0.1) is 11.7 Å². The number of rotatable bonds is 3. The van der Waals surface area contributed by atoms with E-state index >= 15 is 0 Å². The molecule has 2 rings (SSSR count). The van der Waals surface area contributed by atoms with E-state index in [-0.39, 0.29) is 29.4 Å². The Balaban J connectivity index is 1.76. The number of hydrogen-bond donors (Lipinski definition) is 1. The van der Waals surface area contributed by atoms with E-state index in [9.17, 15) is 14.0 Å². The molecule has 23 heavy (non-hydrogen) atoms. The lowest BCUT2D eigenvalue weighted by Gasteiger charge is -2.39. The van der Waals surface area contributed by atoms with Gasteiger partial charge < -0.3 is 15.0 Å². The van der Waals surface area contributed by atoms with Crippen LogP contribution in [0.2, 0.25) is 5.02 Å². The molecule has 0 aromatic heterocycles. The first-order valence-corrected chi connectivity index (χ1v) is 7.74. The van der Waals surface area contributed by atoms with Crippen molar-refractivity contribution in [2.45, 2.75) is 32.8 Å². The van der Waals surface area contributed by atoms with Crippen LogP contribution in [-0.2, 0) is 9.53 Å². The lowest BCUT2D eigenvalue weighted by atomic mass is 9.96. The van der Waals surface area contributed by atoms with Gasteiger partial charge in [-0.25, -0.2) is 9.18 Å². The number of likely N-dealkylation sites (tertiary alicyclic amines) is 1. The standard InChI is InChI=1S/C16H20ClFN2O3/c1-16(2,3)23-15(22)20-8-10(9-20)6-14(21)19-11-4-5-13(18)12(17)7-11/h4-5,7,10H,6,8-9H2,1-3H3,(H,19,21). The summed E-state index contributed by atoms with van der Waals surface area (Å²) in [5.74, 6) is -0.628. The quantitative estimate of drug-likeness (QED) is 0.911. The van der Waals surface area contributed by atoms with Crippen molar-refractivity contribution in [3.05, 3.63) is 29.0 Å². The van der Waals surface area contributed by atoms with Crippen LogP contribution in [0.4, 0.5) is 14.9 Å². The van der Waals surface area contributed by atoms with Crippen LogP contribution in [0.1, 0.15) is 27.2 Å². The average Bonchev–Trinajstić information content (AvgIpc) is 2.35. The van der Waals surface area contributed by atoms with Gasteiger partial charge in [0.25, 0.3) is 0 Å². The Bertz CT molecular complexity index is 610. The van der Waals surface area contributed by atoms with Crippen molar-refractivity contribution < 1.29 is 18.7 Å². The number of carbonyl (C=O) groups excluding carboxylic acids is 2. The number of carbonyl (C=O) groups is 2. The van der Waals surface area contributed by atoms with Crippen LogP contribution in [0.15, 0.2) is 18.2 Å². The molecule has 0 saturated carbocycles. The lowest BCUT2D eigenvalue weighted by molar-refractivity contribution is -0.118. The molecule has 1 N–H and O–H groups in total. The number of benzene rings is 1. The van der Waals surface area contributed by atoms with Gasteiger partial charge in [0, 0.05) is 31.1 Å². The smallest absolute Gasteiger partial charge is 0.410 e. The molecule has 0 unspecified atom stereocenters. The van der Waals surface area contributed by atoms with E-state index in [4.69, 9.17) is 16.3 Å². The van der Waals surface area contributed by atoms with Gasteiger partial charge in [0.2, 0.25) is 5.91 Å². The van der Waals surface area contributed by atoms with Crippen molar-refractivity contribution >= 4 is 29.3 Å². The molecule has 5 nitrogen and oxygen atoms in total. The summed E-state index contributed by atoms with van der Waals surface area (Å²) < 4.78 is 18.3. The Morgan fingerprint density at radius 1 is 1.39 bits per heavy atom. The van der Waals surface area contributed by atoms with Gasteiger partial charge >= 0.3 is 6.09 Å². The summed E-state index contributed by atoms with van der Waals surface area (Å²) in [6.45, 7) is 6.41. The summed E-state index contributed by atoms with van der Waals surface area (Å²) in [5, 5.41) is 2.63. The van der Waals surface area contributed by atoms with E-state index in [0.717, 1.165) is 0 Å². The number of amides is 2. The van der Waals surface area contributed by atoms with Crippen LogP contribution in [0.5, 0.6) is 0 Å². The highest BCUT2D eigenvalue weighted by molar-refractivity contribution is 6.31. The van der Waals surface area contributed by atoms with E-state index < -0.39 is 11.4 Å². The van der Waals surface area contributed by atoms with Crippen molar-refractivity contribution in [1.82, 2.24) is 4.90 Å². The fourth-order valence-electron chi connectivity index (χ4n) is 2.22. The van der Waals surface area contributed by atoms with Crippen molar-refractivity contribution in [1.29, 1.82) is 0 Å². The Morgan fingerprint density at radius 3 is 2.61 bits per heavy atom. The monoisotopic (exact) mass is 342 g/mol. The molecule has 2 amide bonds. The molecule has 126 valence electrons. The van der Waals surface area contributed by atoms with Crippen LogP contribution >= 0.6 is 11.6 Å². The van der Waals surface area contributed by atoms with Crippen molar-refractivity contribution in [2.75, 3.05) is 18.4 Å². The molecule has 0 atom stereocenters. The predicted octanol–water partition coefficient (Wildman–Crippen LogP) is 3.67. The molecule has 1 saturated heterocycles. The summed E-state index contributed by atoms with van der Waals surface area (Å²) in [5.41, 5.74) is -0.0776. The van der Waals surface area contributed by atoms with Gasteiger partial charge in [-0.2, -0.15) is 0 Å².